The van der Waals surface area contributed by atoms with E-state index in [9.17, 15) is 35.7 Å². The van der Waals surface area contributed by atoms with Crippen LogP contribution in [0.2, 0.25) is 0 Å². The van der Waals surface area contributed by atoms with E-state index in [0.29, 0.717) is 5.75 Å². The highest BCUT2D eigenvalue weighted by Crippen LogP contribution is 2.28. The maximum Gasteiger partial charge on any atom is 0.187 e. The fourth-order valence-corrected chi connectivity index (χ4v) is 3.45. The molecule has 1 aromatic rings. The summed E-state index contributed by atoms with van der Waals surface area (Å²) in [6.45, 7) is -1.47. The molecule has 186 valence electrons. The second-order valence-electron chi connectivity index (χ2n) is 7.90. The number of ether oxygens (including phenoxy) is 5. The topological polar surface area (TPSA) is 188 Å². The summed E-state index contributed by atoms with van der Waals surface area (Å²) in [7, 11) is 1.43. The van der Waals surface area contributed by atoms with Crippen molar-refractivity contribution in [3.63, 3.8) is 0 Å². The normalized spacial score (nSPS) is 37.0. The van der Waals surface area contributed by atoms with Gasteiger partial charge in [0.05, 0.1) is 33.5 Å². The van der Waals surface area contributed by atoms with Crippen molar-refractivity contribution in [2.75, 3.05) is 33.5 Å². The van der Waals surface area contributed by atoms with Crippen molar-refractivity contribution in [1.29, 1.82) is 0 Å². The smallest absolute Gasteiger partial charge is 0.187 e. The summed E-state index contributed by atoms with van der Waals surface area (Å²) in [5.74, 6) is 0.305. The molecule has 7 N–H and O–H groups in total. The summed E-state index contributed by atoms with van der Waals surface area (Å²) in [5.41, 5.74) is -1.15. The second kappa shape index (κ2) is 11.1. The molecule has 0 radical (unpaired) electrons. The molecule has 1 aromatic carbocycles. The summed E-state index contributed by atoms with van der Waals surface area (Å²) < 4.78 is 26.5. The highest BCUT2D eigenvalue weighted by Gasteiger charge is 2.50. The number of aromatic hydroxyl groups is 1. The molecule has 2 aliphatic rings. The molecule has 8 atom stereocenters. The fourth-order valence-electron chi connectivity index (χ4n) is 3.45. The molecular formula is C21H30O12. The third-order valence-electron chi connectivity index (χ3n) is 5.54. The van der Waals surface area contributed by atoms with E-state index in [2.05, 4.69) is 0 Å². The van der Waals surface area contributed by atoms with Crippen molar-refractivity contribution in [3.8, 4) is 11.5 Å². The van der Waals surface area contributed by atoms with Crippen LogP contribution in [-0.4, -0.2) is 118 Å². The zero-order valence-corrected chi connectivity index (χ0v) is 17.9. The average Bonchev–Trinajstić information content (AvgIpc) is 3.10. The fraction of sp³-hybridized carbons (Fsp3) is 0.619. The van der Waals surface area contributed by atoms with Gasteiger partial charge in [0, 0.05) is 0 Å². The molecule has 0 bridgehead atoms. The molecule has 0 amide bonds. The summed E-state index contributed by atoms with van der Waals surface area (Å²) in [5, 5.41) is 69.3. The van der Waals surface area contributed by atoms with E-state index in [1.165, 1.54) is 13.2 Å². The molecule has 2 fully saturated rings. The van der Waals surface area contributed by atoms with E-state index in [-0.39, 0.29) is 25.6 Å². The number of methoxy groups -OCH3 is 1. The lowest BCUT2D eigenvalue weighted by Gasteiger charge is -2.40. The van der Waals surface area contributed by atoms with E-state index in [1.807, 2.05) is 0 Å². The van der Waals surface area contributed by atoms with Crippen molar-refractivity contribution >= 4 is 6.08 Å². The maximum atomic E-state index is 10.2. The first-order valence-electron chi connectivity index (χ1n) is 10.3. The second-order valence-corrected chi connectivity index (χ2v) is 7.90. The molecule has 2 saturated heterocycles. The monoisotopic (exact) mass is 474 g/mol. The van der Waals surface area contributed by atoms with Gasteiger partial charge in [-0.2, -0.15) is 0 Å². The highest BCUT2D eigenvalue weighted by molar-refractivity contribution is 5.55. The van der Waals surface area contributed by atoms with Crippen LogP contribution in [0.1, 0.15) is 5.56 Å². The van der Waals surface area contributed by atoms with Gasteiger partial charge in [-0.3, -0.25) is 0 Å². The number of phenols is 1. The predicted molar refractivity (Wildman–Crippen MR) is 110 cm³/mol. The minimum atomic E-state index is -1.87. The lowest BCUT2D eigenvalue weighted by molar-refractivity contribution is -0.307. The third kappa shape index (κ3) is 5.81. The Morgan fingerprint density at radius 1 is 1.09 bits per heavy atom. The quantitative estimate of drug-likeness (QED) is 0.203. The Kier molecular flexibility index (Phi) is 8.64. The Morgan fingerprint density at radius 2 is 1.85 bits per heavy atom. The Balaban J connectivity index is 1.53. The highest BCUT2D eigenvalue weighted by atomic mass is 16.7. The molecule has 0 aliphatic carbocycles. The number of phenolic OH excluding ortho intramolecular Hbond substituents is 1. The van der Waals surface area contributed by atoms with Gasteiger partial charge in [-0.05, 0) is 17.7 Å². The Labute approximate surface area is 189 Å². The lowest BCUT2D eigenvalue weighted by Crippen LogP contribution is -2.59. The molecule has 3 rings (SSSR count). The van der Waals surface area contributed by atoms with Crippen molar-refractivity contribution in [1.82, 2.24) is 0 Å². The number of aliphatic hydroxyl groups excluding tert-OH is 5. The molecule has 0 unspecified atom stereocenters. The minimum Gasteiger partial charge on any atom is -0.504 e. The SMILES string of the molecule is COc1cc(/C=C/CO[C@H]2O[C@@H](CO[C@@H]3OC[C@@](O)(CO)[C@H]3O)[C@H](O)[C@@H](O)[C@@H]2O)ccc1O. The Hall–Kier alpha value is -1.84. The summed E-state index contributed by atoms with van der Waals surface area (Å²) >= 11 is 0. The van der Waals surface area contributed by atoms with Crippen LogP contribution in [-0.2, 0) is 18.9 Å². The van der Waals surface area contributed by atoms with Crippen LogP contribution >= 0.6 is 0 Å². The number of benzene rings is 1. The number of hydrogen-bond acceptors (Lipinski definition) is 12. The average molecular weight is 474 g/mol. The first-order chi connectivity index (χ1) is 15.7. The largest absolute Gasteiger partial charge is 0.504 e. The van der Waals surface area contributed by atoms with E-state index in [0.717, 1.165) is 5.56 Å². The first-order valence-corrected chi connectivity index (χ1v) is 10.3. The lowest BCUT2D eigenvalue weighted by atomic mass is 9.99. The molecule has 12 nitrogen and oxygen atoms in total. The van der Waals surface area contributed by atoms with Gasteiger partial charge in [-0.25, -0.2) is 0 Å². The number of aliphatic hydroxyl groups is 6. The van der Waals surface area contributed by atoms with Gasteiger partial charge in [-0.1, -0.05) is 18.2 Å². The maximum absolute atomic E-state index is 10.2. The van der Waals surface area contributed by atoms with E-state index < -0.39 is 55.3 Å². The zero-order valence-electron chi connectivity index (χ0n) is 17.9. The van der Waals surface area contributed by atoms with Gasteiger partial charge in [0.25, 0.3) is 0 Å². The van der Waals surface area contributed by atoms with Crippen molar-refractivity contribution < 1.29 is 59.4 Å². The molecule has 0 saturated carbocycles. The predicted octanol–water partition coefficient (Wildman–Crippen LogP) is -2.30. The first kappa shape index (κ1) is 25.8. The summed E-state index contributed by atoms with van der Waals surface area (Å²) in [6, 6.07) is 4.75. The van der Waals surface area contributed by atoms with Crippen molar-refractivity contribution in [2.45, 2.75) is 48.7 Å². The van der Waals surface area contributed by atoms with Crippen LogP contribution in [0.4, 0.5) is 0 Å². The van der Waals surface area contributed by atoms with Crippen molar-refractivity contribution in [2.24, 2.45) is 0 Å². The molecule has 0 aromatic heterocycles. The van der Waals surface area contributed by atoms with Crippen LogP contribution in [0.25, 0.3) is 6.08 Å². The van der Waals surface area contributed by atoms with E-state index >= 15 is 0 Å². The molecule has 2 heterocycles. The van der Waals surface area contributed by atoms with Gasteiger partial charge < -0.3 is 59.4 Å². The molecule has 0 spiro atoms. The Bertz CT molecular complexity index is 803. The zero-order chi connectivity index (χ0) is 24.2. The standard InChI is InChI=1S/C21H30O12/c1-29-13-7-11(4-5-12(13)23)3-2-6-30-19-17(26)16(25)15(24)14(33-19)8-31-20-18(27)21(28,9-22)10-32-20/h2-5,7,14-20,22-28H,6,8-10H2,1H3/b3-2+/t14-,15-,16+,17-,18-,19-,20+,21-/m0/s1. The molecule has 12 heteroatoms. The van der Waals surface area contributed by atoms with Gasteiger partial charge in [0.1, 0.15) is 36.1 Å². The summed E-state index contributed by atoms with van der Waals surface area (Å²) in [4.78, 5) is 0. The van der Waals surface area contributed by atoms with Gasteiger partial charge >= 0.3 is 0 Å². The minimum absolute atomic E-state index is 0.00185. The number of rotatable bonds is 9. The van der Waals surface area contributed by atoms with Gasteiger partial charge in [-0.15, -0.1) is 0 Å². The van der Waals surface area contributed by atoms with E-state index in [1.54, 1.807) is 24.3 Å². The molecule has 33 heavy (non-hydrogen) atoms. The van der Waals surface area contributed by atoms with Crippen LogP contribution in [0.15, 0.2) is 24.3 Å². The molecule has 2 aliphatic heterocycles. The van der Waals surface area contributed by atoms with Gasteiger partial charge in [0.2, 0.25) is 0 Å². The third-order valence-corrected chi connectivity index (χ3v) is 5.54. The van der Waals surface area contributed by atoms with Crippen LogP contribution in [0.3, 0.4) is 0 Å². The van der Waals surface area contributed by atoms with E-state index in [4.69, 9.17) is 23.7 Å². The molecular weight excluding hydrogens is 444 g/mol. The van der Waals surface area contributed by atoms with Gasteiger partial charge in [0.15, 0.2) is 24.1 Å². The summed E-state index contributed by atoms with van der Waals surface area (Å²) in [6.07, 6.45) is -6.60. The van der Waals surface area contributed by atoms with Crippen LogP contribution in [0, 0.1) is 0 Å². The van der Waals surface area contributed by atoms with Crippen LogP contribution in [0.5, 0.6) is 11.5 Å². The number of hydrogen-bond donors (Lipinski definition) is 7. The van der Waals surface area contributed by atoms with Crippen LogP contribution < -0.4 is 4.74 Å². The Morgan fingerprint density at radius 3 is 2.52 bits per heavy atom. The van der Waals surface area contributed by atoms with Crippen molar-refractivity contribution in [3.05, 3.63) is 29.8 Å².